The summed E-state index contributed by atoms with van der Waals surface area (Å²) in [5.41, 5.74) is 1.98. The first-order valence-corrected chi connectivity index (χ1v) is 11.0. The number of aromatic hydroxyl groups is 1. The van der Waals surface area contributed by atoms with E-state index < -0.39 is 11.2 Å². The maximum Gasteiger partial charge on any atom is 0.274 e. The zero-order valence-electron chi connectivity index (χ0n) is 19.1. The number of aromatic nitrogens is 1. The van der Waals surface area contributed by atoms with Crippen molar-refractivity contribution in [3.8, 4) is 5.75 Å². The lowest BCUT2D eigenvalue weighted by molar-refractivity contribution is 0.0583. The van der Waals surface area contributed by atoms with Gasteiger partial charge in [-0.3, -0.25) is 9.59 Å². The summed E-state index contributed by atoms with van der Waals surface area (Å²) in [4.78, 5) is 29.5. The van der Waals surface area contributed by atoms with Crippen molar-refractivity contribution in [2.24, 2.45) is 0 Å². The average Bonchev–Trinajstić information content (AvgIpc) is 2.83. The van der Waals surface area contributed by atoms with Crippen LogP contribution in [0.1, 0.15) is 33.6 Å². The molecular formula is C26H29N3O4. The van der Waals surface area contributed by atoms with Crippen LogP contribution >= 0.6 is 0 Å². The molecule has 33 heavy (non-hydrogen) atoms. The smallest absolute Gasteiger partial charge is 0.274 e. The number of methoxy groups -OCH3 is 1. The highest BCUT2D eigenvalue weighted by molar-refractivity contribution is 5.96. The number of pyridine rings is 1. The summed E-state index contributed by atoms with van der Waals surface area (Å²) in [5, 5.41) is 10.9. The first-order valence-electron chi connectivity index (χ1n) is 11.0. The predicted octanol–water partition coefficient (Wildman–Crippen LogP) is 3.10. The number of benzene rings is 2. The minimum atomic E-state index is -0.553. The van der Waals surface area contributed by atoms with E-state index in [4.69, 9.17) is 4.74 Å². The van der Waals surface area contributed by atoms with Crippen LogP contribution in [0.3, 0.4) is 0 Å². The summed E-state index contributed by atoms with van der Waals surface area (Å²) < 4.78 is 7.01. The molecule has 0 unspecified atom stereocenters. The molecule has 4 rings (SSSR count). The Morgan fingerprint density at radius 1 is 1.03 bits per heavy atom. The van der Waals surface area contributed by atoms with Crippen molar-refractivity contribution < 1.29 is 14.6 Å². The summed E-state index contributed by atoms with van der Waals surface area (Å²) in [6.45, 7) is 1.14. The van der Waals surface area contributed by atoms with Crippen LogP contribution in [-0.2, 0) is 4.74 Å². The number of carbonyl (C=O) groups is 1. The second kappa shape index (κ2) is 9.50. The molecule has 1 aromatic heterocycles. The third-order valence-electron chi connectivity index (χ3n) is 6.20. The molecule has 1 aliphatic heterocycles. The van der Waals surface area contributed by atoms with Crippen molar-refractivity contribution in [1.82, 2.24) is 9.47 Å². The van der Waals surface area contributed by atoms with Gasteiger partial charge < -0.3 is 24.2 Å². The molecule has 0 saturated heterocycles. The lowest BCUT2D eigenvalue weighted by Gasteiger charge is -2.40. The normalized spacial score (nSPS) is 15.6. The van der Waals surface area contributed by atoms with Gasteiger partial charge in [0.05, 0.1) is 12.6 Å². The molecule has 1 aliphatic rings. The van der Waals surface area contributed by atoms with E-state index in [9.17, 15) is 14.7 Å². The van der Waals surface area contributed by atoms with Crippen LogP contribution in [0.15, 0.2) is 71.7 Å². The van der Waals surface area contributed by atoms with E-state index in [1.807, 2.05) is 36.4 Å². The molecule has 172 valence electrons. The summed E-state index contributed by atoms with van der Waals surface area (Å²) in [5.74, 6) is -0.998. The lowest BCUT2D eigenvalue weighted by Crippen LogP contribution is -2.47. The Morgan fingerprint density at radius 2 is 1.61 bits per heavy atom. The standard InChI is InChI=1S/C26H29N3O4/c1-27(2)21-17-29-20(16-28(14-15-33-3)26(32)23(29)25(31)24(21)30)22(18-10-6-4-7-11-18)19-12-8-5-9-13-19/h4-13,17,20,22,31H,14-16H2,1-3H3/t20-/m1/s1. The minimum absolute atomic E-state index is 0.0230. The highest BCUT2D eigenvalue weighted by Gasteiger charge is 2.39. The van der Waals surface area contributed by atoms with Gasteiger partial charge in [-0.1, -0.05) is 60.7 Å². The van der Waals surface area contributed by atoms with Crippen LogP contribution in [-0.4, -0.2) is 61.4 Å². The first-order chi connectivity index (χ1) is 15.9. The van der Waals surface area contributed by atoms with E-state index in [1.165, 1.54) is 0 Å². The molecule has 7 heteroatoms. The number of carbonyl (C=O) groups excluding carboxylic acids is 1. The van der Waals surface area contributed by atoms with E-state index in [0.717, 1.165) is 11.1 Å². The number of fused-ring (bicyclic) bond motifs is 1. The molecular weight excluding hydrogens is 418 g/mol. The minimum Gasteiger partial charge on any atom is -0.502 e. The summed E-state index contributed by atoms with van der Waals surface area (Å²) >= 11 is 0. The van der Waals surface area contributed by atoms with Crippen molar-refractivity contribution in [3.05, 3.63) is 93.9 Å². The molecule has 0 fully saturated rings. The van der Waals surface area contributed by atoms with Gasteiger partial charge in [-0.2, -0.15) is 0 Å². The molecule has 7 nitrogen and oxygen atoms in total. The van der Waals surface area contributed by atoms with E-state index in [2.05, 4.69) is 24.3 Å². The predicted molar refractivity (Wildman–Crippen MR) is 128 cm³/mol. The van der Waals surface area contributed by atoms with Crippen molar-refractivity contribution in [2.45, 2.75) is 12.0 Å². The Labute approximate surface area is 193 Å². The molecule has 2 heterocycles. The van der Waals surface area contributed by atoms with Crippen LogP contribution in [0.25, 0.3) is 0 Å². The Kier molecular flexibility index (Phi) is 6.51. The van der Waals surface area contributed by atoms with Gasteiger partial charge in [0.15, 0.2) is 11.4 Å². The lowest BCUT2D eigenvalue weighted by atomic mass is 9.83. The number of hydrogen-bond acceptors (Lipinski definition) is 5. The Morgan fingerprint density at radius 3 is 2.12 bits per heavy atom. The SMILES string of the molecule is COCCN1C[C@H](C(c2ccccc2)c2ccccc2)n2cc(N(C)C)c(=O)c(O)c2C1=O. The summed E-state index contributed by atoms with van der Waals surface area (Å²) in [6.07, 6.45) is 1.70. The number of nitrogens with zero attached hydrogens (tertiary/aromatic N) is 3. The van der Waals surface area contributed by atoms with Crippen molar-refractivity contribution in [3.63, 3.8) is 0 Å². The molecule has 1 atom stereocenters. The fourth-order valence-electron chi connectivity index (χ4n) is 4.56. The average molecular weight is 448 g/mol. The van der Waals surface area contributed by atoms with Gasteiger partial charge in [0.2, 0.25) is 5.43 Å². The van der Waals surface area contributed by atoms with Crippen LogP contribution < -0.4 is 10.3 Å². The molecule has 2 aromatic carbocycles. The van der Waals surface area contributed by atoms with Gasteiger partial charge in [-0.05, 0) is 11.1 Å². The zero-order valence-corrected chi connectivity index (χ0v) is 19.1. The van der Waals surface area contributed by atoms with Gasteiger partial charge >= 0.3 is 0 Å². The molecule has 1 N–H and O–H groups in total. The van der Waals surface area contributed by atoms with Gasteiger partial charge in [-0.15, -0.1) is 0 Å². The number of hydrogen-bond donors (Lipinski definition) is 1. The first kappa shape index (κ1) is 22.6. The number of rotatable bonds is 7. The van der Waals surface area contributed by atoms with Crippen LogP contribution in [0, 0.1) is 0 Å². The highest BCUT2D eigenvalue weighted by atomic mass is 16.5. The molecule has 3 aromatic rings. The van der Waals surface area contributed by atoms with Crippen LogP contribution in [0.5, 0.6) is 5.75 Å². The van der Waals surface area contributed by atoms with Crippen LogP contribution in [0.4, 0.5) is 5.69 Å². The van der Waals surface area contributed by atoms with Gasteiger partial charge in [0.1, 0.15) is 5.69 Å². The van der Waals surface area contributed by atoms with Crippen molar-refractivity contribution >= 4 is 11.6 Å². The maximum absolute atomic E-state index is 13.4. The molecule has 1 amide bonds. The molecule has 0 spiro atoms. The largest absolute Gasteiger partial charge is 0.502 e. The number of amides is 1. The Balaban J connectivity index is 1.96. The third-order valence-corrected chi connectivity index (χ3v) is 6.20. The topological polar surface area (TPSA) is 75.0 Å². The molecule has 0 aliphatic carbocycles. The maximum atomic E-state index is 13.4. The van der Waals surface area contributed by atoms with Gasteiger partial charge in [-0.25, -0.2) is 0 Å². The van der Waals surface area contributed by atoms with Gasteiger partial charge in [0.25, 0.3) is 5.91 Å². The van der Waals surface area contributed by atoms with Crippen molar-refractivity contribution in [1.29, 1.82) is 0 Å². The van der Waals surface area contributed by atoms with E-state index >= 15 is 0 Å². The fourth-order valence-corrected chi connectivity index (χ4v) is 4.56. The molecule has 0 saturated carbocycles. The Hall–Kier alpha value is -3.58. The zero-order chi connectivity index (χ0) is 23.5. The van der Waals surface area contributed by atoms with Crippen molar-refractivity contribution in [2.75, 3.05) is 45.8 Å². The number of ether oxygens (including phenoxy) is 1. The van der Waals surface area contributed by atoms with E-state index in [-0.39, 0.29) is 23.6 Å². The third kappa shape index (κ3) is 4.24. The van der Waals surface area contributed by atoms with E-state index in [0.29, 0.717) is 25.4 Å². The van der Waals surface area contributed by atoms with Crippen LogP contribution in [0.2, 0.25) is 0 Å². The fraction of sp³-hybridized carbons (Fsp3) is 0.308. The molecule has 0 radical (unpaired) electrons. The number of anilines is 1. The highest BCUT2D eigenvalue weighted by Crippen LogP contribution is 2.40. The second-order valence-electron chi connectivity index (χ2n) is 8.45. The Bertz CT molecular complexity index is 1140. The van der Waals surface area contributed by atoms with E-state index in [1.54, 1.807) is 41.8 Å². The quantitative estimate of drug-likeness (QED) is 0.603. The van der Waals surface area contributed by atoms with Gasteiger partial charge in [0, 0.05) is 46.4 Å². The monoisotopic (exact) mass is 447 g/mol. The summed E-state index contributed by atoms with van der Waals surface area (Å²) in [6, 6.07) is 20.0. The summed E-state index contributed by atoms with van der Waals surface area (Å²) in [7, 11) is 5.08. The second-order valence-corrected chi connectivity index (χ2v) is 8.45. The molecule has 0 bridgehead atoms.